The first kappa shape index (κ1) is 21.6. The van der Waals surface area contributed by atoms with Crippen molar-refractivity contribution in [1.82, 2.24) is 13.0 Å². The number of halogens is 3. The van der Waals surface area contributed by atoms with E-state index >= 15 is 0 Å². The van der Waals surface area contributed by atoms with Gasteiger partial charge in [-0.1, -0.05) is 29.3 Å². The van der Waals surface area contributed by atoms with E-state index in [-0.39, 0.29) is 5.91 Å². The van der Waals surface area contributed by atoms with Crippen LogP contribution in [0, 0.1) is 5.92 Å². The van der Waals surface area contributed by atoms with E-state index in [1.54, 1.807) is 6.20 Å². The summed E-state index contributed by atoms with van der Waals surface area (Å²) < 4.78 is 1.85. The predicted octanol–water partition coefficient (Wildman–Crippen LogP) is 5.23. The van der Waals surface area contributed by atoms with Crippen LogP contribution in [0.2, 0.25) is 10.0 Å². The summed E-state index contributed by atoms with van der Waals surface area (Å²) in [5.41, 5.74) is 1.03. The van der Waals surface area contributed by atoms with Crippen LogP contribution in [0.1, 0.15) is 29.1 Å². The van der Waals surface area contributed by atoms with Gasteiger partial charge in [-0.3, -0.25) is 12.8 Å². The van der Waals surface area contributed by atoms with Gasteiger partial charge in [-0.25, -0.2) is 4.98 Å². The molecule has 1 aliphatic carbocycles. The molecular formula is C20H23Cl2IN4OS. The summed E-state index contributed by atoms with van der Waals surface area (Å²) >= 11 is 16.1. The minimum Gasteiger partial charge on any atom is -0.368 e. The van der Waals surface area contributed by atoms with Gasteiger partial charge >= 0.3 is 0 Å². The fraction of sp³-hybridized carbons (Fsp3) is 0.500. The Morgan fingerprint density at radius 2 is 2.00 bits per heavy atom. The molecule has 2 aromatic rings. The summed E-state index contributed by atoms with van der Waals surface area (Å²) in [6, 6.07) is 6.18. The zero-order valence-electron chi connectivity index (χ0n) is 15.9. The highest BCUT2D eigenvalue weighted by Gasteiger charge is 2.36. The van der Waals surface area contributed by atoms with Crippen LogP contribution < -0.4 is 4.90 Å². The Morgan fingerprint density at radius 1 is 1.24 bits per heavy atom. The van der Waals surface area contributed by atoms with Crippen molar-refractivity contribution >= 4 is 69.0 Å². The quantitative estimate of drug-likeness (QED) is 0.356. The van der Waals surface area contributed by atoms with Crippen molar-refractivity contribution < 1.29 is 4.79 Å². The van der Waals surface area contributed by atoms with Crippen molar-refractivity contribution in [3.63, 3.8) is 0 Å². The molecule has 0 bridgehead atoms. The standard InChI is InChI=1S/C20H23Cl2IN4OS/c21-16-2-1-3-17(18(16)22)26-9-7-25(8-10-26)6-4-14-12-15(13-14)27(23)20(28)19-24-5-11-29-19/h1-3,5,11,14-15H,4,6-10,12-13H2. The summed E-state index contributed by atoms with van der Waals surface area (Å²) in [4.78, 5) is 21.4. The van der Waals surface area contributed by atoms with E-state index in [0.29, 0.717) is 27.0 Å². The molecule has 4 rings (SSSR count). The van der Waals surface area contributed by atoms with Crippen molar-refractivity contribution in [2.75, 3.05) is 37.6 Å². The molecule has 1 saturated heterocycles. The monoisotopic (exact) mass is 564 g/mol. The molecule has 2 heterocycles. The Hall–Kier alpha value is -0.610. The lowest BCUT2D eigenvalue weighted by Gasteiger charge is -2.41. The van der Waals surface area contributed by atoms with Gasteiger partial charge < -0.3 is 4.90 Å². The van der Waals surface area contributed by atoms with Crippen LogP contribution in [0.5, 0.6) is 0 Å². The van der Waals surface area contributed by atoms with Gasteiger partial charge in [-0.2, -0.15) is 0 Å². The highest BCUT2D eigenvalue weighted by molar-refractivity contribution is 14.1. The molecule has 0 N–H and O–H groups in total. The van der Waals surface area contributed by atoms with Crippen LogP contribution in [0.3, 0.4) is 0 Å². The zero-order valence-corrected chi connectivity index (χ0v) is 20.4. The summed E-state index contributed by atoms with van der Waals surface area (Å²) in [5, 5.41) is 3.70. The molecule has 2 fully saturated rings. The molecule has 1 aromatic heterocycles. The van der Waals surface area contributed by atoms with E-state index in [9.17, 15) is 4.79 Å². The fourth-order valence-electron chi connectivity index (χ4n) is 4.02. The number of amides is 1. The van der Waals surface area contributed by atoms with Crippen LogP contribution in [-0.4, -0.2) is 57.7 Å². The maximum atomic E-state index is 12.4. The first-order valence-corrected chi connectivity index (χ1v) is 12.4. The first-order chi connectivity index (χ1) is 14.0. The lowest BCUT2D eigenvalue weighted by atomic mass is 9.78. The van der Waals surface area contributed by atoms with E-state index in [1.165, 1.54) is 17.8 Å². The van der Waals surface area contributed by atoms with Gasteiger partial charge in [0.15, 0.2) is 5.01 Å². The fourth-order valence-corrected chi connectivity index (χ4v) is 5.86. The Labute approximate surface area is 199 Å². The Bertz CT molecular complexity index is 839. The van der Waals surface area contributed by atoms with E-state index in [2.05, 4.69) is 37.6 Å². The van der Waals surface area contributed by atoms with Crippen LogP contribution in [0.4, 0.5) is 5.69 Å². The van der Waals surface area contributed by atoms with Gasteiger partial charge in [0.25, 0.3) is 5.91 Å². The second-order valence-corrected chi connectivity index (χ2v) is 10.4. The van der Waals surface area contributed by atoms with Crippen LogP contribution in [-0.2, 0) is 0 Å². The Kier molecular flexibility index (Phi) is 7.22. The van der Waals surface area contributed by atoms with E-state index in [1.807, 2.05) is 26.7 Å². The molecule has 29 heavy (non-hydrogen) atoms. The average Bonchev–Trinajstić information content (AvgIpc) is 3.23. The maximum Gasteiger partial charge on any atom is 0.291 e. The Balaban J connectivity index is 1.17. The number of nitrogens with zero attached hydrogens (tertiary/aromatic N) is 4. The zero-order chi connectivity index (χ0) is 20.4. The molecule has 1 saturated carbocycles. The van der Waals surface area contributed by atoms with Crippen LogP contribution >= 0.6 is 57.4 Å². The van der Waals surface area contributed by atoms with Crippen molar-refractivity contribution in [1.29, 1.82) is 0 Å². The maximum absolute atomic E-state index is 12.4. The molecule has 1 aliphatic heterocycles. The summed E-state index contributed by atoms with van der Waals surface area (Å²) in [6.45, 7) is 5.14. The first-order valence-electron chi connectivity index (χ1n) is 9.83. The number of hydrogen-bond acceptors (Lipinski definition) is 5. The second-order valence-electron chi connectivity index (χ2n) is 7.64. The summed E-state index contributed by atoms with van der Waals surface area (Å²) in [5.74, 6) is 0.751. The number of aromatic nitrogens is 1. The smallest absolute Gasteiger partial charge is 0.291 e. The lowest BCUT2D eigenvalue weighted by Crippen LogP contribution is -2.48. The highest BCUT2D eigenvalue weighted by atomic mass is 127. The number of anilines is 1. The average molecular weight is 565 g/mol. The molecule has 1 aromatic carbocycles. The molecular weight excluding hydrogens is 542 g/mol. The third-order valence-corrected chi connectivity index (χ3v) is 8.63. The minimum absolute atomic E-state index is 0.0415. The van der Waals surface area contributed by atoms with Crippen molar-refractivity contribution in [3.05, 3.63) is 44.8 Å². The van der Waals surface area contributed by atoms with E-state index < -0.39 is 0 Å². The van der Waals surface area contributed by atoms with Crippen molar-refractivity contribution in [3.8, 4) is 0 Å². The van der Waals surface area contributed by atoms with Crippen molar-refractivity contribution in [2.45, 2.75) is 25.3 Å². The van der Waals surface area contributed by atoms with Gasteiger partial charge in [0.2, 0.25) is 0 Å². The van der Waals surface area contributed by atoms with Crippen LogP contribution in [0.15, 0.2) is 29.8 Å². The molecule has 0 unspecified atom stereocenters. The largest absolute Gasteiger partial charge is 0.368 e. The molecule has 5 nitrogen and oxygen atoms in total. The van der Waals surface area contributed by atoms with E-state index in [0.717, 1.165) is 51.3 Å². The lowest BCUT2D eigenvalue weighted by molar-refractivity contribution is 0.0738. The summed E-state index contributed by atoms with van der Waals surface area (Å²) in [7, 11) is 0. The van der Waals surface area contributed by atoms with E-state index in [4.69, 9.17) is 23.2 Å². The van der Waals surface area contributed by atoms with Gasteiger partial charge in [-0.15, -0.1) is 11.3 Å². The molecule has 1 amide bonds. The number of carbonyl (C=O) groups is 1. The number of carbonyl (C=O) groups excluding carboxylic acids is 1. The predicted molar refractivity (Wildman–Crippen MR) is 129 cm³/mol. The van der Waals surface area contributed by atoms with Gasteiger partial charge in [-0.05, 0) is 43.9 Å². The highest BCUT2D eigenvalue weighted by Crippen LogP contribution is 2.37. The molecule has 2 aliphatic rings. The molecule has 156 valence electrons. The molecule has 9 heteroatoms. The van der Waals surface area contributed by atoms with Gasteiger partial charge in [0.1, 0.15) is 0 Å². The SMILES string of the molecule is O=C(c1nccs1)N(I)C1CC(CCN2CCN(c3cccc(Cl)c3Cl)CC2)C1. The normalized spacial score (nSPS) is 22.4. The molecule has 0 spiro atoms. The van der Waals surface area contributed by atoms with Crippen molar-refractivity contribution in [2.24, 2.45) is 5.92 Å². The third kappa shape index (κ3) is 5.01. The molecule has 0 atom stereocenters. The number of piperazine rings is 1. The number of benzene rings is 1. The second kappa shape index (κ2) is 9.68. The number of thiazole rings is 1. The summed E-state index contributed by atoms with van der Waals surface area (Å²) in [6.07, 6.45) is 5.08. The van der Waals surface area contributed by atoms with Gasteiger partial charge in [0.05, 0.1) is 38.6 Å². The van der Waals surface area contributed by atoms with Crippen LogP contribution in [0.25, 0.3) is 0 Å². The Morgan fingerprint density at radius 3 is 2.69 bits per heavy atom. The topological polar surface area (TPSA) is 39.7 Å². The number of hydrogen-bond donors (Lipinski definition) is 0. The van der Waals surface area contributed by atoms with Gasteiger partial charge in [0, 0.05) is 43.8 Å². The number of rotatable bonds is 6. The minimum atomic E-state index is 0.0415. The third-order valence-electron chi connectivity index (χ3n) is 5.84. The molecule has 0 radical (unpaired) electrons.